The zero-order valence-electron chi connectivity index (χ0n) is 16.9. The number of carbonyl (C=O) groups excluding carboxylic acids is 1. The predicted octanol–water partition coefficient (Wildman–Crippen LogP) is 3.71. The van der Waals surface area contributed by atoms with Crippen molar-refractivity contribution >= 4 is 41.5 Å². The van der Waals surface area contributed by atoms with Crippen LogP contribution in [0.15, 0.2) is 47.5 Å². The van der Waals surface area contributed by atoms with E-state index in [1.54, 1.807) is 25.3 Å². The summed E-state index contributed by atoms with van der Waals surface area (Å²) < 4.78 is 19.0. The summed E-state index contributed by atoms with van der Waals surface area (Å²) in [6.07, 6.45) is 0.562. The number of anilines is 1. The minimum absolute atomic E-state index is 0. The molecule has 0 fully saturated rings. The Kier molecular flexibility index (Phi) is 11.0. The number of hydrogen-bond acceptors (Lipinski definition) is 3. The lowest BCUT2D eigenvalue weighted by Gasteiger charge is -2.13. The number of amides is 1. The van der Waals surface area contributed by atoms with Crippen LogP contribution in [0.1, 0.15) is 25.0 Å². The van der Waals surface area contributed by atoms with Crippen molar-refractivity contribution in [1.82, 2.24) is 10.6 Å². The van der Waals surface area contributed by atoms with E-state index in [-0.39, 0.29) is 35.7 Å². The van der Waals surface area contributed by atoms with E-state index in [9.17, 15) is 9.18 Å². The molecule has 0 bridgehead atoms. The summed E-state index contributed by atoms with van der Waals surface area (Å²) in [6.45, 7) is 5.13. The maximum atomic E-state index is 13.7. The zero-order chi connectivity index (χ0) is 20.4. The third kappa shape index (κ3) is 8.26. The summed E-state index contributed by atoms with van der Waals surface area (Å²) in [5.41, 5.74) is 2.21. The summed E-state index contributed by atoms with van der Waals surface area (Å²) in [5.74, 6) is 0.880. The van der Waals surface area contributed by atoms with E-state index in [1.165, 1.54) is 13.0 Å². The molecule has 0 unspecified atom stereocenters. The van der Waals surface area contributed by atoms with Crippen molar-refractivity contribution in [2.45, 2.75) is 26.8 Å². The summed E-state index contributed by atoms with van der Waals surface area (Å²) in [6, 6.07) is 12.3. The van der Waals surface area contributed by atoms with Crippen LogP contribution in [0, 0.1) is 5.82 Å². The highest BCUT2D eigenvalue weighted by atomic mass is 127. The van der Waals surface area contributed by atoms with E-state index in [0.717, 1.165) is 5.56 Å². The molecule has 0 radical (unpaired) electrons. The molecule has 0 aliphatic carbocycles. The molecule has 6 nitrogen and oxygen atoms in total. The summed E-state index contributed by atoms with van der Waals surface area (Å²) in [5, 5.41) is 9.14. The average molecular weight is 514 g/mol. The van der Waals surface area contributed by atoms with Gasteiger partial charge in [0.25, 0.3) is 0 Å². The van der Waals surface area contributed by atoms with Gasteiger partial charge in [0.15, 0.2) is 5.96 Å². The molecule has 2 rings (SSSR count). The number of rotatable bonds is 8. The lowest BCUT2D eigenvalue weighted by atomic mass is 10.1. The molecule has 0 spiro atoms. The van der Waals surface area contributed by atoms with Gasteiger partial charge in [-0.15, -0.1) is 24.0 Å². The Hall–Kier alpha value is -2.36. The molecule has 29 heavy (non-hydrogen) atoms. The predicted molar refractivity (Wildman–Crippen MR) is 126 cm³/mol. The highest BCUT2D eigenvalue weighted by Crippen LogP contribution is 2.25. The lowest BCUT2D eigenvalue weighted by Crippen LogP contribution is -2.38. The molecule has 0 aromatic heterocycles. The Morgan fingerprint density at radius 3 is 2.59 bits per heavy atom. The van der Waals surface area contributed by atoms with Crippen molar-refractivity contribution in [3.05, 3.63) is 59.4 Å². The smallest absolute Gasteiger partial charge is 0.221 e. The molecule has 2 aromatic rings. The van der Waals surface area contributed by atoms with E-state index in [1.807, 2.05) is 25.1 Å². The van der Waals surface area contributed by atoms with Crippen molar-refractivity contribution in [2.75, 3.05) is 25.5 Å². The van der Waals surface area contributed by atoms with Gasteiger partial charge >= 0.3 is 0 Å². The number of guanidine groups is 1. The summed E-state index contributed by atoms with van der Waals surface area (Å²) in [7, 11) is 1.56. The van der Waals surface area contributed by atoms with Gasteiger partial charge in [-0.3, -0.25) is 4.79 Å². The fourth-order valence-corrected chi connectivity index (χ4v) is 2.67. The molecule has 1 amide bonds. The molecule has 0 aliphatic heterocycles. The Balaban J connectivity index is 0.00000420. The number of ether oxygens (including phenoxy) is 1. The average Bonchev–Trinajstić information content (AvgIpc) is 2.67. The molecule has 0 atom stereocenters. The van der Waals surface area contributed by atoms with E-state index in [0.29, 0.717) is 49.0 Å². The molecule has 0 aliphatic rings. The van der Waals surface area contributed by atoms with E-state index in [2.05, 4.69) is 20.9 Å². The molecule has 2 aromatic carbocycles. The molecule has 158 valence electrons. The number of aliphatic imine (C=N–C) groups is 1. The van der Waals surface area contributed by atoms with Crippen LogP contribution in [0.4, 0.5) is 10.1 Å². The van der Waals surface area contributed by atoms with Gasteiger partial charge < -0.3 is 20.7 Å². The normalized spacial score (nSPS) is 10.7. The monoisotopic (exact) mass is 514 g/mol. The fraction of sp³-hybridized carbons (Fsp3) is 0.333. The molecule has 0 saturated carbocycles. The lowest BCUT2D eigenvalue weighted by molar-refractivity contribution is -0.114. The first-order valence-electron chi connectivity index (χ1n) is 9.23. The van der Waals surface area contributed by atoms with Crippen LogP contribution < -0.4 is 20.7 Å². The van der Waals surface area contributed by atoms with Crippen molar-refractivity contribution in [3.63, 3.8) is 0 Å². The molecule has 3 N–H and O–H groups in total. The van der Waals surface area contributed by atoms with Gasteiger partial charge in [-0.05, 0) is 42.7 Å². The molecular weight excluding hydrogens is 486 g/mol. The largest absolute Gasteiger partial charge is 0.495 e. The summed E-state index contributed by atoms with van der Waals surface area (Å²) >= 11 is 0. The van der Waals surface area contributed by atoms with Gasteiger partial charge in [0.2, 0.25) is 5.91 Å². The molecule has 0 saturated heterocycles. The SMILES string of the molecule is CCNC(=NCc1ccc(OC)c(NC(C)=O)c1)NCCc1ccccc1F.I. The topological polar surface area (TPSA) is 74.8 Å². The van der Waals surface area contributed by atoms with Crippen molar-refractivity contribution < 1.29 is 13.9 Å². The minimum atomic E-state index is -0.199. The van der Waals surface area contributed by atoms with E-state index < -0.39 is 0 Å². The molecule has 8 heteroatoms. The second-order valence-corrected chi connectivity index (χ2v) is 6.18. The second kappa shape index (κ2) is 13.0. The maximum Gasteiger partial charge on any atom is 0.221 e. The van der Waals surface area contributed by atoms with Gasteiger partial charge in [-0.2, -0.15) is 0 Å². The number of hydrogen-bond donors (Lipinski definition) is 3. The van der Waals surface area contributed by atoms with Gasteiger partial charge in [0, 0.05) is 20.0 Å². The Morgan fingerprint density at radius 1 is 1.17 bits per heavy atom. The van der Waals surface area contributed by atoms with Gasteiger partial charge in [-0.25, -0.2) is 9.38 Å². The third-order valence-electron chi connectivity index (χ3n) is 3.98. The van der Waals surface area contributed by atoms with Crippen LogP contribution in [-0.4, -0.2) is 32.1 Å². The van der Waals surface area contributed by atoms with Gasteiger partial charge in [0.1, 0.15) is 11.6 Å². The highest BCUT2D eigenvalue weighted by Gasteiger charge is 2.07. The van der Waals surface area contributed by atoms with Crippen LogP contribution in [0.3, 0.4) is 0 Å². The van der Waals surface area contributed by atoms with Crippen LogP contribution in [0.25, 0.3) is 0 Å². The summed E-state index contributed by atoms with van der Waals surface area (Å²) in [4.78, 5) is 15.9. The Bertz CT molecular complexity index is 830. The van der Waals surface area contributed by atoms with Crippen LogP contribution in [0.2, 0.25) is 0 Å². The highest BCUT2D eigenvalue weighted by molar-refractivity contribution is 14.0. The number of carbonyl (C=O) groups is 1. The third-order valence-corrected chi connectivity index (χ3v) is 3.98. The standard InChI is InChI=1S/C21H27FN4O2.HI/c1-4-23-21(24-12-11-17-7-5-6-8-18(17)22)25-14-16-9-10-20(28-3)19(13-16)26-15(2)27;/h5-10,13H,4,11-12,14H2,1-3H3,(H,26,27)(H2,23,24,25);1H. The number of benzene rings is 2. The molecular formula is C21H28FIN4O2. The number of methoxy groups -OCH3 is 1. The maximum absolute atomic E-state index is 13.7. The van der Waals surface area contributed by atoms with Gasteiger partial charge in [0.05, 0.1) is 19.3 Å². The second-order valence-electron chi connectivity index (χ2n) is 6.18. The first-order valence-corrected chi connectivity index (χ1v) is 9.23. The van der Waals surface area contributed by atoms with Crippen LogP contribution in [-0.2, 0) is 17.8 Å². The molecule has 0 heterocycles. The van der Waals surface area contributed by atoms with Crippen molar-refractivity contribution in [3.8, 4) is 5.75 Å². The van der Waals surface area contributed by atoms with E-state index >= 15 is 0 Å². The minimum Gasteiger partial charge on any atom is -0.495 e. The zero-order valence-corrected chi connectivity index (χ0v) is 19.3. The quantitative estimate of drug-likeness (QED) is 0.285. The number of halogens is 2. The van der Waals surface area contributed by atoms with Crippen LogP contribution >= 0.6 is 24.0 Å². The van der Waals surface area contributed by atoms with Gasteiger partial charge in [-0.1, -0.05) is 24.3 Å². The number of nitrogens with one attached hydrogen (secondary N) is 3. The first kappa shape index (κ1) is 24.7. The van der Waals surface area contributed by atoms with Crippen molar-refractivity contribution in [1.29, 1.82) is 0 Å². The van der Waals surface area contributed by atoms with E-state index in [4.69, 9.17) is 4.74 Å². The fourth-order valence-electron chi connectivity index (χ4n) is 2.67. The van der Waals surface area contributed by atoms with Crippen LogP contribution in [0.5, 0.6) is 5.75 Å². The number of nitrogens with zero attached hydrogens (tertiary/aromatic N) is 1. The first-order chi connectivity index (χ1) is 13.5. The Morgan fingerprint density at radius 2 is 1.93 bits per heavy atom. The van der Waals surface area contributed by atoms with Crippen molar-refractivity contribution in [2.24, 2.45) is 4.99 Å². The Labute approximate surface area is 188 Å².